The third-order valence-corrected chi connectivity index (χ3v) is 3.56. The Hall–Kier alpha value is -2.00. The molecule has 0 aromatic heterocycles. The zero-order valence-corrected chi connectivity index (χ0v) is 12.9. The van der Waals surface area contributed by atoms with Gasteiger partial charge in [-0.2, -0.15) is 0 Å². The standard InChI is InChI=1S/C17H18ClNO2/c1-12-6-5-7-13(2)17(12)21-11-16(20)19-10-14-8-3-4-9-15(14)18/h3-9H,10-11H2,1-2H3,(H,19,20). The summed E-state index contributed by atoms with van der Waals surface area (Å²) in [5.41, 5.74) is 2.93. The van der Waals surface area contributed by atoms with Crippen LogP contribution in [0.15, 0.2) is 42.5 Å². The second kappa shape index (κ2) is 7.14. The molecular weight excluding hydrogens is 286 g/mol. The van der Waals surface area contributed by atoms with E-state index >= 15 is 0 Å². The Balaban J connectivity index is 1.87. The van der Waals surface area contributed by atoms with Crippen molar-refractivity contribution in [3.05, 3.63) is 64.2 Å². The SMILES string of the molecule is Cc1cccc(C)c1OCC(=O)NCc1ccccc1Cl. The van der Waals surface area contributed by atoms with E-state index in [-0.39, 0.29) is 12.5 Å². The molecule has 0 aliphatic carbocycles. The van der Waals surface area contributed by atoms with Crippen molar-refractivity contribution in [1.29, 1.82) is 0 Å². The van der Waals surface area contributed by atoms with Crippen LogP contribution in [-0.4, -0.2) is 12.5 Å². The lowest BCUT2D eigenvalue weighted by Crippen LogP contribution is -2.28. The summed E-state index contributed by atoms with van der Waals surface area (Å²) in [4.78, 5) is 11.8. The van der Waals surface area contributed by atoms with Gasteiger partial charge in [-0.1, -0.05) is 48.0 Å². The summed E-state index contributed by atoms with van der Waals surface area (Å²) in [6.07, 6.45) is 0. The molecule has 0 heterocycles. The first-order valence-electron chi connectivity index (χ1n) is 6.77. The number of ether oxygens (including phenoxy) is 1. The van der Waals surface area contributed by atoms with Crippen molar-refractivity contribution in [2.24, 2.45) is 0 Å². The average molecular weight is 304 g/mol. The van der Waals surface area contributed by atoms with E-state index in [4.69, 9.17) is 16.3 Å². The van der Waals surface area contributed by atoms with Crippen LogP contribution in [0, 0.1) is 13.8 Å². The minimum absolute atomic E-state index is 0.00382. The summed E-state index contributed by atoms with van der Waals surface area (Å²) < 4.78 is 5.60. The number of carbonyl (C=O) groups is 1. The van der Waals surface area contributed by atoms with Crippen molar-refractivity contribution < 1.29 is 9.53 Å². The Kier molecular flexibility index (Phi) is 5.23. The Morgan fingerprint density at radius 3 is 2.43 bits per heavy atom. The van der Waals surface area contributed by atoms with Crippen LogP contribution in [-0.2, 0) is 11.3 Å². The van der Waals surface area contributed by atoms with Crippen LogP contribution >= 0.6 is 11.6 Å². The summed E-state index contributed by atoms with van der Waals surface area (Å²) in [6.45, 7) is 4.32. The van der Waals surface area contributed by atoms with Crippen LogP contribution in [0.1, 0.15) is 16.7 Å². The molecule has 110 valence electrons. The van der Waals surface area contributed by atoms with Crippen molar-refractivity contribution in [2.45, 2.75) is 20.4 Å². The molecule has 2 aromatic carbocycles. The Morgan fingerprint density at radius 2 is 1.76 bits per heavy atom. The normalized spacial score (nSPS) is 10.2. The van der Waals surface area contributed by atoms with Crippen molar-refractivity contribution in [2.75, 3.05) is 6.61 Å². The van der Waals surface area contributed by atoms with Crippen molar-refractivity contribution in [3.63, 3.8) is 0 Å². The van der Waals surface area contributed by atoms with Gasteiger partial charge in [-0.3, -0.25) is 4.79 Å². The van der Waals surface area contributed by atoms with Crippen LogP contribution < -0.4 is 10.1 Å². The van der Waals surface area contributed by atoms with E-state index in [0.29, 0.717) is 11.6 Å². The van der Waals surface area contributed by atoms with Gasteiger partial charge in [-0.25, -0.2) is 0 Å². The van der Waals surface area contributed by atoms with E-state index in [2.05, 4.69) is 5.32 Å². The fourth-order valence-corrected chi connectivity index (χ4v) is 2.25. The summed E-state index contributed by atoms with van der Waals surface area (Å²) >= 11 is 6.04. The van der Waals surface area contributed by atoms with Gasteiger partial charge in [0.05, 0.1) is 0 Å². The van der Waals surface area contributed by atoms with Gasteiger partial charge in [0.15, 0.2) is 6.61 Å². The smallest absolute Gasteiger partial charge is 0.258 e. The maximum Gasteiger partial charge on any atom is 0.258 e. The molecule has 3 nitrogen and oxygen atoms in total. The van der Waals surface area contributed by atoms with Crippen molar-refractivity contribution in [1.82, 2.24) is 5.32 Å². The fourth-order valence-electron chi connectivity index (χ4n) is 2.05. The Morgan fingerprint density at radius 1 is 1.10 bits per heavy atom. The molecule has 2 rings (SSSR count). The first-order valence-corrected chi connectivity index (χ1v) is 7.15. The van der Waals surface area contributed by atoms with E-state index < -0.39 is 0 Å². The van der Waals surface area contributed by atoms with Gasteiger partial charge < -0.3 is 10.1 Å². The third kappa shape index (κ3) is 4.23. The molecule has 1 N–H and O–H groups in total. The number of para-hydroxylation sites is 1. The number of amides is 1. The molecule has 0 spiro atoms. The molecule has 1 amide bonds. The number of benzene rings is 2. The van der Waals surface area contributed by atoms with Gasteiger partial charge >= 0.3 is 0 Å². The van der Waals surface area contributed by atoms with Crippen LogP contribution in [0.2, 0.25) is 5.02 Å². The highest BCUT2D eigenvalue weighted by Crippen LogP contribution is 2.22. The minimum atomic E-state index is -0.169. The first kappa shape index (κ1) is 15.4. The van der Waals surface area contributed by atoms with E-state index in [9.17, 15) is 4.79 Å². The average Bonchev–Trinajstić information content (AvgIpc) is 2.46. The van der Waals surface area contributed by atoms with E-state index in [1.807, 2.05) is 50.2 Å². The van der Waals surface area contributed by atoms with Gasteiger partial charge in [0.2, 0.25) is 0 Å². The summed E-state index contributed by atoms with van der Waals surface area (Å²) in [6, 6.07) is 13.3. The molecule has 0 radical (unpaired) electrons. The lowest BCUT2D eigenvalue weighted by molar-refractivity contribution is -0.123. The predicted molar refractivity (Wildman–Crippen MR) is 84.7 cm³/mol. The maximum absolute atomic E-state index is 11.8. The highest BCUT2D eigenvalue weighted by atomic mass is 35.5. The molecular formula is C17H18ClNO2. The molecule has 0 saturated carbocycles. The van der Waals surface area contributed by atoms with Gasteiger partial charge in [0.1, 0.15) is 5.75 Å². The lowest BCUT2D eigenvalue weighted by Gasteiger charge is -2.12. The second-order valence-electron chi connectivity index (χ2n) is 4.88. The van der Waals surface area contributed by atoms with E-state index in [1.54, 1.807) is 6.07 Å². The highest BCUT2D eigenvalue weighted by Gasteiger charge is 2.07. The van der Waals surface area contributed by atoms with E-state index in [0.717, 1.165) is 22.4 Å². The van der Waals surface area contributed by atoms with Gasteiger partial charge in [-0.05, 0) is 36.6 Å². The zero-order chi connectivity index (χ0) is 15.2. The third-order valence-electron chi connectivity index (χ3n) is 3.19. The van der Waals surface area contributed by atoms with Gasteiger partial charge in [0.25, 0.3) is 5.91 Å². The van der Waals surface area contributed by atoms with Crippen LogP contribution in [0.4, 0.5) is 0 Å². The molecule has 0 aliphatic rings. The maximum atomic E-state index is 11.8. The largest absolute Gasteiger partial charge is 0.483 e. The van der Waals surface area contributed by atoms with Crippen molar-refractivity contribution >= 4 is 17.5 Å². The summed E-state index contributed by atoms with van der Waals surface area (Å²) in [7, 11) is 0. The molecule has 4 heteroatoms. The first-order chi connectivity index (χ1) is 10.1. The Bertz CT molecular complexity index is 620. The Labute approximate surface area is 129 Å². The number of halogens is 1. The zero-order valence-electron chi connectivity index (χ0n) is 12.2. The monoisotopic (exact) mass is 303 g/mol. The van der Waals surface area contributed by atoms with Crippen molar-refractivity contribution in [3.8, 4) is 5.75 Å². The molecule has 0 unspecified atom stereocenters. The number of nitrogens with one attached hydrogen (secondary N) is 1. The highest BCUT2D eigenvalue weighted by molar-refractivity contribution is 6.31. The summed E-state index contributed by atoms with van der Waals surface area (Å²) in [5.74, 6) is 0.600. The molecule has 0 aliphatic heterocycles. The molecule has 0 bridgehead atoms. The molecule has 0 fully saturated rings. The lowest BCUT2D eigenvalue weighted by atomic mass is 10.1. The van der Waals surface area contributed by atoms with Crippen LogP contribution in [0.5, 0.6) is 5.75 Å². The van der Waals surface area contributed by atoms with Gasteiger partial charge in [-0.15, -0.1) is 0 Å². The topological polar surface area (TPSA) is 38.3 Å². The minimum Gasteiger partial charge on any atom is -0.483 e. The number of hydrogen-bond donors (Lipinski definition) is 1. The number of rotatable bonds is 5. The molecule has 21 heavy (non-hydrogen) atoms. The number of aryl methyl sites for hydroxylation is 2. The van der Waals surface area contributed by atoms with Crippen LogP contribution in [0.3, 0.4) is 0 Å². The fraction of sp³-hybridized carbons (Fsp3) is 0.235. The van der Waals surface area contributed by atoms with E-state index in [1.165, 1.54) is 0 Å². The number of carbonyl (C=O) groups excluding carboxylic acids is 1. The summed E-state index contributed by atoms with van der Waals surface area (Å²) in [5, 5.41) is 3.45. The number of hydrogen-bond acceptors (Lipinski definition) is 2. The molecule has 0 saturated heterocycles. The van der Waals surface area contributed by atoms with Gasteiger partial charge in [0, 0.05) is 11.6 Å². The molecule has 0 atom stereocenters. The molecule has 2 aromatic rings. The quantitative estimate of drug-likeness (QED) is 0.915. The van der Waals surface area contributed by atoms with Crippen LogP contribution in [0.25, 0.3) is 0 Å². The second-order valence-corrected chi connectivity index (χ2v) is 5.28. The predicted octanol–water partition coefficient (Wildman–Crippen LogP) is 3.65.